The number of sulfonamides is 1. The first kappa shape index (κ1) is 19.0. The fourth-order valence-electron chi connectivity index (χ4n) is 2.83. The largest absolute Gasteiger partial charge is 0.347 e. The van der Waals surface area contributed by atoms with Crippen molar-refractivity contribution in [3.63, 3.8) is 0 Å². The molecule has 1 amide bonds. The Morgan fingerprint density at radius 1 is 1.38 bits per heavy atom. The monoisotopic (exact) mass is 442 g/mol. The van der Waals surface area contributed by atoms with Crippen molar-refractivity contribution >= 4 is 31.9 Å². The third kappa shape index (κ3) is 4.68. The lowest BCUT2D eigenvalue weighted by Gasteiger charge is -2.29. The van der Waals surface area contributed by atoms with Crippen molar-refractivity contribution in [2.24, 2.45) is 5.92 Å². The minimum atomic E-state index is -3.19. The average molecular weight is 443 g/mol. The molecule has 2 aromatic rings. The molecule has 1 N–H and O–H groups in total. The predicted octanol–water partition coefficient (Wildman–Crippen LogP) is 1.79. The highest BCUT2D eigenvalue weighted by Crippen LogP contribution is 2.21. The summed E-state index contributed by atoms with van der Waals surface area (Å²) in [5, 5.41) is 6.71. The number of carbonyl (C=O) groups is 1. The normalized spacial score (nSPS) is 16.5. The van der Waals surface area contributed by atoms with E-state index in [1.165, 1.54) is 10.6 Å². The third-order valence-corrected chi connectivity index (χ3v) is 6.05. The van der Waals surface area contributed by atoms with Gasteiger partial charge in [0.2, 0.25) is 27.6 Å². The van der Waals surface area contributed by atoms with Gasteiger partial charge in [-0.15, -0.1) is 0 Å². The fraction of sp³-hybridized carbons (Fsp3) is 0.438. The van der Waals surface area contributed by atoms with E-state index in [9.17, 15) is 13.2 Å². The summed E-state index contributed by atoms with van der Waals surface area (Å²) in [6.45, 7) is 0.876. The zero-order valence-corrected chi connectivity index (χ0v) is 16.6. The summed E-state index contributed by atoms with van der Waals surface area (Å²) in [7, 11) is -3.19. The van der Waals surface area contributed by atoms with Crippen LogP contribution in [0.25, 0.3) is 11.4 Å². The predicted molar refractivity (Wildman–Crippen MR) is 98.4 cm³/mol. The lowest BCUT2D eigenvalue weighted by atomic mass is 9.97. The van der Waals surface area contributed by atoms with E-state index in [4.69, 9.17) is 4.52 Å². The molecule has 1 aromatic carbocycles. The van der Waals surface area contributed by atoms with E-state index in [1.54, 1.807) is 0 Å². The Morgan fingerprint density at radius 2 is 2.12 bits per heavy atom. The van der Waals surface area contributed by atoms with Crippen LogP contribution < -0.4 is 5.32 Å². The molecule has 1 aliphatic rings. The molecule has 1 saturated heterocycles. The summed E-state index contributed by atoms with van der Waals surface area (Å²) < 4.78 is 30.5. The van der Waals surface area contributed by atoms with Crippen molar-refractivity contribution in [2.75, 3.05) is 19.3 Å². The number of hydrogen-bond donors (Lipinski definition) is 1. The van der Waals surface area contributed by atoms with Gasteiger partial charge < -0.3 is 9.84 Å². The first-order valence-electron chi connectivity index (χ1n) is 8.14. The first-order valence-corrected chi connectivity index (χ1v) is 10.8. The molecule has 2 heterocycles. The molecule has 0 saturated carbocycles. The molecular formula is C16H19BrN4O4S. The molecule has 3 rings (SSSR count). The number of aromatic nitrogens is 2. The lowest BCUT2D eigenvalue weighted by molar-refractivity contribution is -0.126. The van der Waals surface area contributed by atoms with Crippen molar-refractivity contribution in [2.45, 2.75) is 19.4 Å². The Kier molecular flexibility index (Phi) is 5.73. The van der Waals surface area contributed by atoms with Crippen LogP contribution in [0.1, 0.15) is 18.7 Å². The summed E-state index contributed by atoms with van der Waals surface area (Å²) in [6.07, 6.45) is 2.20. The Balaban J connectivity index is 1.53. The molecule has 0 spiro atoms. The minimum Gasteiger partial charge on any atom is -0.347 e. The number of nitrogens with one attached hydrogen (secondary N) is 1. The van der Waals surface area contributed by atoms with Crippen molar-refractivity contribution in [3.05, 3.63) is 34.6 Å². The highest BCUT2D eigenvalue weighted by atomic mass is 79.9. The smallest absolute Gasteiger partial charge is 0.246 e. The molecule has 0 aliphatic carbocycles. The van der Waals surface area contributed by atoms with Gasteiger partial charge in [0.1, 0.15) is 0 Å². The molecule has 0 radical (unpaired) electrons. The Morgan fingerprint density at radius 3 is 2.77 bits per heavy atom. The molecule has 1 aromatic heterocycles. The van der Waals surface area contributed by atoms with E-state index in [0.717, 1.165) is 10.0 Å². The topological polar surface area (TPSA) is 105 Å². The second-order valence-electron chi connectivity index (χ2n) is 6.18. The molecule has 140 valence electrons. The van der Waals surface area contributed by atoms with Crippen LogP contribution in [0.4, 0.5) is 0 Å². The number of piperidine rings is 1. The maximum Gasteiger partial charge on any atom is 0.246 e. The number of hydrogen-bond acceptors (Lipinski definition) is 6. The number of rotatable bonds is 5. The molecule has 1 fully saturated rings. The summed E-state index contributed by atoms with van der Waals surface area (Å²) in [5.41, 5.74) is 0.814. The maximum absolute atomic E-state index is 12.3. The highest BCUT2D eigenvalue weighted by Gasteiger charge is 2.28. The van der Waals surface area contributed by atoms with Crippen molar-refractivity contribution < 1.29 is 17.7 Å². The molecule has 26 heavy (non-hydrogen) atoms. The standard InChI is InChI=1S/C16H19BrN4O4S/c1-26(23,24)21-7-5-11(6-8-21)16(22)18-10-14-19-15(20-25-14)12-3-2-4-13(17)9-12/h2-4,9,11H,5-8,10H2,1H3,(H,18,22). The SMILES string of the molecule is CS(=O)(=O)N1CCC(C(=O)NCc2nc(-c3cccc(Br)c3)no2)CC1. The zero-order chi connectivity index (χ0) is 18.7. The van der Waals surface area contributed by atoms with Gasteiger partial charge in [0.25, 0.3) is 0 Å². The van der Waals surface area contributed by atoms with Crippen molar-refractivity contribution in [3.8, 4) is 11.4 Å². The molecule has 10 heteroatoms. The molecule has 0 atom stereocenters. The van der Waals surface area contributed by atoms with Crippen LogP contribution in [0.5, 0.6) is 0 Å². The van der Waals surface area contributed by atoms with Crippen LogP contribution in [0.2, 0.25) is 0 Å². The van der Waals surface area contributed by atoms with E-state index in [-0.39, 0.29) is 18.4 Å². The average Bonchev–Trinajstić information content (AvgIpc) is 3.08. The Labute approximate surface area is 160 Å². The third-order valence-electron chi connectivity index (χ3n) is 4.26. The van der Waals surface area contributed by atoms with Gasteiger partial charge in [-0.2, -0.15) is 4.98 Å². The van der Waals surface area contributed by atoms with Crippen LogP contribution in [-0.2, 0) is 21.4 Å². The van der Waals surface area contributed by atoms with Gasteiger partial charge in [-0.25, -0.2) is 12.7 Å². The molecular weight excluding hydrogens is 424 g/mol. The molecule has 0 unspecified atom stereocenters. The van der Waals surface area contributed by atoms with Crippen LogP contribution in [0.15, 0.2) is 33.3 Å². The summed E-state index contributed by atoms with van der Waals surface area (Å²) >= 11 is 3.39. The fourth-order valence-corrected chi connectivity index (χ4v) is 4.10. The van der Waals surface area contributed by atoms with Gasteiger partial charge >= 0.3 is 0 Å². The number of amides is 1. The zero-order valence-electron chi connectivity index (χ0n) is 14.2. The molecule has 0 bridgehead atoms. The summed E-state index contributed by atoms with van der Waals surface area (Å²) in [4.78, 5) is 16.6. The van der Waals surface area contributed by atoms with Gasteiger partial charge in [0.15, 0.2) is 0 Å². The number of halogens is 1. The number of carbonyl (C=O) groups excluding carboxylic acids is 1. The molecule has 8 nitrogen and oxygen atoms in total. The van der Waals surface area contributed by atoms with Gasteiger partial charge in [-0.1, -0.05) is 33.2 Å². The van der Waals surface area contributed by atoms with Crippen molar-refractivity contribution in [1.29, 1.82) is 0 Å². The maximum atomic E-state index is 12.3. The van der Waals surface area contributed by atoms with Crippen LogP contribution in [-0.4, -0.2) is 48.1 Å². The number of benzene rings is 1. The van der Waals surface area contributed by atoms with E-state index >= 15 is 0 Å². The van der Waals surface area contributed by atoms with E-state index < -0.39 is 10.0 Å². The first-order chi connectivity index (χ1) is 12.3. The van der Waals surface area contributed by atoms with Crippen molar-refractivity contribution in [1.82, 2.24) is 19.8 Å². The van der Waals surface area contributed by atoms with E-state index in [1.807, 2.05) is 24.3 Å². The Bertz CT molecular complexity index is 891. The highest BCUT2D eigenvalue weighted by molar-refractivity contribution is 9.10. The van der Waals surface area contributed by atoms with Gasteiger partial charge in [-0.3, -0.25) is 4.79 Å². The molecule has 1 aliphatic heterocycles. The van der Waals surface area contributed by atoms with Gasteiger partial charge in [0.05, 0.1) is 12.8 Å². The van der Waals surface area contributed by atoms with E-state index in [2.05, 4.69) is 31.4 Å². The lowest BCUT2D eigenvalue weighted by Crippen LogP contribution is -2.42. The summed E-state index contributed by atoms with van der Waals surface area (Å²) in [6, 6.07) is 7.52. The van der Waals surface area contributed by atoms with E-state index in [0.29, 0.717) is 37.6 Å². The number of nitrogens with zero attached hydrogens (tertiary/aromatic N) is 3. The van der Waals surface area contributed by atoms with Crippen LogP contribution in [0, 0.1) is 5.92 Å². The van der Waals surface area contributed by atoms with Crippen LogP contribution in [0.3, 0.4) is 0 Å². The van der Waals surface area contributed by atoms with Gasteiger partial charge in [0, 0.05) is 29.0 Å². The second kappa shape index (κ2) is 7.85. The van der Waals surface area contributed by atoms with Gasteiger partial charge in [-0.05, 0) is 25.0 Å². The second-order valence-corrected chi connectivity index (χ2v) is 9.07. The minimum absolute atomic E-state index is 0.125. The quantitative estimate of drug-likeness (QED) is 0.756. The summed E-state index contributed by atoms with van der Waals surface area (Å²) in [5.74, 6) is 0.444. The van der Waals surface area contributed by atoms with Crippen LogP contribution >= 0.6 is 15.9 Å². The Hall–Kier alpha value is -1.78.